The van der Waals surface area contributed by atoms with Crippen molar-refractivity contribution in [2.45, 2.75) is 63.5 Å². The number of amides is 2. The Hall–Kier alpha value is -2.37. The van der Waals surface area contributed by atoms with E-state index in [-0.39, 0.29) is 23.8 Å². The van der Waals surface area contributed by atoms with Gasteiger partial charge < -0.3 is 15.3 Å². The van der Waals surface area contributed by atoms with Crippen molar-refractivity contribution in [1.82, 2.24) is 4.90 Å². The van der Waals surface area contributed by atoms with Gasteiger partial charge in [-0.2, -0.15) is 0 Å². The number of likely N-dealkylation sites (tertiary alicyclic amines) is 1. The highest BCUT2D eigenvalue weighted by Crippen LogP contribution is 2.35. The molecule has 32 heavy (non-hydrogen) atoms. The van der Waals surface area contributed by atoms with Crippen LogP contribution >= 0.6 is 11.6 Å². The van der Waals surface area contributed by atoms with Crippen molar-refractivity contribution in [3.05, 3.63) is 64.7 Å². The highest BCUT2D eigenvalue weighted by Gasteiger charge is 2.39. The lowest BCUT2D eigenvalue weighted by Gasteiger charge is -2.37. The molecule has 2 aromatic carbocycles. The molecule has 5 nitrogen and oxygen atoms in total. The number of nitrogens with zero attached hydrogens (tertiary/aromatic N) is 1. The summed E-state index contributed by atoms with van der Waals surface area (Å²) < 4.78 is 0. The molecule has 1 aliphatic heterocycles. The fourth-order valence-corrected chi connectivity index (χ4v) is 5.15. The van der Waals surface area contributed by atoms with Gasteiger partial charge in [0, 0.05) is 29.2 Å². The molecule has 2 N–H and O–H groups in total. The number of hydrogen-bond donors (Lipinski definition) is 2. The van der Waals surface area contributed by atoms with Crippen LogP contribution in [0.3, 0.4) is 0 Å². The molecule has 4 rings (SSSR count). The molecule has 2 aliphatic rings. The normalized spacial score (nSPS) is 25.7. The maximum absolute atomic E-state index is 13.0. The van der Waals surface area contributed by atoms with Crippen LogP contribution in [0.25, 0.3) is 0 Å². The molecule has 1 heterocycles. The van der Waals surface area contributed by atoms with Gasteiger partial charge in [0.05, 0.1) is 12.0 Å². The van der Waals surface area contributed by atoms with Crippen molar-refractivity contribution in [2.75, 3.05) is 11.9 Å². The summed E-state index contributed by atoms with van der Waals surface area (Å²) in [6.07, 6.45) is 4.97. The summed E-state index contributed by atoms with van der Waals surface area (Å²) in [6, 6.07) is 15.4. The van der Waals surface area contributed by atoms with Crippen molar-refractivity contribution in [3.8, 4) is 0 Å². The summed E-state index contributed by atoms with van der Waals surface area (Å²) in [5, 5.41) is 13.7. The van der Waals surface area contributed by atoms with Gasteiger partial charge in [-0.1, -0.05) is 48.0 Å². The summed E-state index contributed by atoms with van der Waals surface area (Å²) in [6.45, 7) is 2.66. The number of carbonyl (C=O) groups excluding carboxylic acids is 2. The third kappa shape index (κ3) is 5.51. The minimum Gasteiger partial charge on any atom is -0.390 e. The van der Waals surface area contributed by atoms with E-state index < -0.39 is 5.60 Å². The first-order chi connectivity index (χ1) is 15.3. The maximum Gasteiger partial charge on any atom is 0.228 e. The third-order valence-electron chi connectivity index (χ3n) is 6.83. The Morgan fingerprint density at radius 3 is 2.56 bits per heavy atom. The van der Waals surface area contributed by atoms with Gasteiger partial charge in [0.1, 0.15) is 0 Å². The lowest BCUT2D eigenvalue weighted by Crippen LogP contribution is -2.43. The average Bonchev–Trinajstić information content (AvgIpc) is 3.11. The van der Waals surface area contributed by atoms with Gasteiger partial charge in [-0.3, -0.25) is 9.59 Å². The van der Waals surface area contributed by atoms with Gasteiger partial charge in [0.25, 0.3) is 0 Å². The van der Waals surface area contributed by atoms with Crippen LogP contribution in [0.15, 0.2) is 48.5 Å². The fourth-order valence-electron chi connectivity index (χ4n) is 4.89. The van der Waals surface area contributed by atoms with E-state index in [1.165, 1.54) is 0 Å². The Morgan fingerprint density at radius 2 is 1.88 bits per heavy atom. The molecule has 1 saturated heterocycles. The first-order valence-electron chi connectivity index (χ1n) is 11.5. The molecular weight excluding hydrogens is 424 g/mol. The monoisotopic (exact) mass is 454 g/mol. The summed E-state index contributed by atoms with van der Waals surface area (Å²) in [5.74, 6) is 0.0504. The first-order valence-corrected chi connectivity index (χ1v) is 11.8. The molecule has 0 spiro atoms. The van der Waals surface area contributed by atoms with Gasteiger partial charge >= 0.3 is 0 Å². The topological polar surface area (TPSA) is 69.6 Å². The summed E-state index contributed by atoms with van der Waals surface area (Å²) in [5.41, 5.74) is 1.95. The second-order valence-electron chi connectivity index (χ2n) is 9.47. The number of benzene rings is 2. The van der Waals surface area contributed by atoms with Crippen molar-refractivity contribution in [1.29, 1.82) is 0 Å². The Morgan fingerprint density at radius 1 is 1.16 bits per heavy atom. The zero-order valence-corrected chi connectivity index (χ0v) is 19.3. The molecule has 1 atom stereocenters. The Balaban J connectivity index is 1.33. The molecule has 6 heteroatoms. The lowest BCUT2D eigenvalue weighted by atomic mass is 9.83. The molecule has 0 bridgehead atoms. The second-order valence-corrected chi connectivity index (χ2v) is 9.87. The van der Waals surface area contributed by atoms with Crippen molar-refractivity contribution in [3.63, 3.8) is 0 Å². The molecule has 2 fully saturated rings. The van der Waals surface area contributed by atoms with E-state index >= 15 is 0 Å². The van der Waals surface area contributed by atoms with Crippen molar-refractivity contribution in [2.24, 2.45) is 5.92 Å². The molecule has 0 radical (unpaired) electrons. The van der Waals surface area contributed by atoms with E-state index in [2.05, 4.69) is 5.32 Å². The fraction of sp³-hybridized carbons (Fsp3) is 0.462. The SMILES string of the molecule is CC1(O)CCC(N2CCC(Cc3ccc(NC(=O)Cc4ccccc4)cc3Cl)C2=O)CC1. The highest BCUT2D eigenvalue weighted by atomic mass is 35.5. The predicted molar refractivity (Wildman–Crippen MR) is 127 cm³/mol. The van der Waals surface area contributed by atoms with Gasteiger partial charge in [-0.05, 0) is 68.7 Å². The van der Waals surface area contributed by atoms with E-state index in [1.807, 2.05) is 54.3 Å². The number of nitrogens with one attached hydrogen (secondary N) is 1. The molecule has 2 amide bonds. The van der Waals surface area contributed by atoms with E-state index in [1.54, 1.807) is 6.07 Å². The van der Waals surface area contributed by atoms with Gasteiger partial charge in [-0.15, -0.1) is 0 Å². The number of anilines is 1. The molecule has 170 valence electrons. The third-order valence-corrected chi connectivity index (χ3v) is 7.19. The molecule has 1 unspecified atom stereocenters. The minimum atomic E-state index is -0.593. The smallest absolute Gasteiger partial charge is 0.228 e. The van der Waals surface area contributed by atoms with Gasteiger partial charge in [0.15, 0.2) is 0 Å². The zero-order chi connectivity index (χ0) is 22.7. The van der Waals surface area contributed by atoms with E-state index in [9.17, 15) is 14.7 Å². The summed E-state index contributed by atoms with van der Waals surface area (Å²) >= 11 is 6.51. The van der Waals surface area contributed by atoms with Crippen LogP contribution in [0.5, 0.6) is 0 Å². The van der Waals surface area contributed by atoms with Crippen molar-refractivity contribution < 1.29 is 14.7 Å². The predicted octanol–water partition coefficient (Wildman–Crippen LogP) is 4.61. The largest absolute Gasteiger partial charge is 0.390 e. The lowest BCUT2D eigenvalue weighted by molar-refractivity contribution is -0.134. The number of rotatable bonds is 6. The quantitative estimate of drug-likeness (QED) is 0.669. The van der Waals surface area contributed by atoms with Crippen LogP contribution in [0.4, 0.5) is 5.69 Å². The van der Waals surface area contributed by atoms with E-state index in [0.29, 0.717) is 23.6 Å². The molecule has 0 aromatic heterocycles. The molecule has 1 saturated carbocycles. The summed E-state index contributed by atoms with van der Waals surface area (Å²) in [4.78, 5) is 27.4. The molecular formula is C26H31ClN2O3. The average molecular weight is 455 g/mol. The molecule has 2 aromatic rings. The van der Waals surface area contributed by atoms with E-state index in [4.69, 9.17) is 11.6 Å². The van der Waals surface area contributed by atoms with Crippen molar-refractivity contribution >= 4 is 29.1 Å². The van der Waals surface area contributed by atoms with E-state index in [0.717, 1.165) is 49.8 Å². The first kappa shape index (κ1) is 22.8. The Bertz CT molecular complexity index is 966. The van der Waals surface area contributed by atoms with Gasteiger partial charge in [0.2, 0.25) is 11.8 Å². The Labute approximate surface area is 194 Å². The van der Waals surface area contributed by atoms with Crippen LogP contribution in [0, 0.1) is 5.92 Å². The van der Waals surface area contributed by atoms with Gasteiger partial charge in [-0.25, -0.2) is 0 Å². The second kappa shape index (κ2) is 9.63. The minimum absolute atomic E-state index is 0.0616. The number of halogens is 1. The highest BCUT2D eigenvalue weighted by molar-refractivity contribution is 6.31. The van der Waals surface area contributed by atoms with Crippen LogP contribution in [0.2, 0.25) is 5.02 Å². The number of hydrogen-bond acceptors (Lipinski definition) is 3. The standard InChI is InChI=1S/C26H31ClN2O3/c1-26(32)12-9-22(10-13-26)29-14-11-20(25(29)31)16-19-7-8-21(17-23(19)27)28-24(30)15-18-5-3-2-4-6-18/h2-8,17,20,22,32H,9-16H2,1H3,(H,28,30). The molecule has 1 aliphatic carbocycles. The van der Waals surface area contributed by atoms with Crippen LogP contribution < -0.4 is 5.32 Å². The summed E-state index contributed by atoms with van der Waals surface area (Å²) in [7, 11) is 0. The zero-order valence-electron chi connectivity index (χ0n) is 18.5. The number of carbonyl (C=O) groups is 2. The number of aliphatic hydroxyl groups is 1. The van der Waals surface area contributed by atoms with Crippen LogP contribution in [-0.2, 0) is 22.4 Å². The maximum atomic E-state index is 13.0. The Kier molecular flexibility index (Phi) is 6.87. The van der Waals surface area contributed by atoms with Crippen LogP contribution in [0.1, 0.15) is 50.2 Å². The van der Waals surface area contributed by atoms with Crippen LogP contribution in [-0.4, -0.2) is 40.0 Å².